The molecule has 0 spiro atoms. The van der Waals surface area contributed by atoms with Gasteiger partial charge in [-0.1, -0.05) is 17.7 Å². The summed E-state index contributed by atoms with van der Waals surface area (Å²) in [6.07, 6.45) is -2.22. The Kier molecular flexibility index (Phi) is 4.94. The average molecular weight is 435 g/mol. The van der Waals surface area contributed by atoms with Crippen molar-refractivity contribution in [2.45, 2.75) is 19.1 Å². The molecule has 1 N–H and O–H groups in total. The molecule has 0 saturated carbocycles. The zero-order valence-electron chi connectivity index (χ0n) is 15.4. The van der Waals surface area contributed by atoms with Crippen molar-refractivity contribution in [1.82, 2.24) is 29.7 Å². The standard InChI is InChI=1S/C19H14ClF3N6O/c1-11(17-27-26-15-4-2-3-9-28(15)17)25-18(30)14-10-24-29(16(14)19(21,22)23)13-7-5-12(20)6-8-13/h2-11H,1H3,(H,25,30). The summed E-state index contributed by atoms with van der Waals surface area (Å²) in [6.45, 7) is 1.61. The van der Waals surface area contributed by atoms with Crippen LogP contribution in [0, 0.1) is 0 Å². The number of amides is 1. The Bertz CT molecular complexity index is 1220. The third-order valence-electron chi connectivity index (χ3n) is 4.43. The minimum atomic E-state index is -4.81. The molecule has 0 fully saturated rings. The number of fused-ring (bicyclic) bond motifs is 1. The van der Waals surface area contributed by atoms with Crippen LogP contribution in [-0.4, -0.2) is 30.3 Å². The third-order valence-corrected chi connectivity index (χ3v) is 4.68. The van der Waals surface area contributed by atoms with E-state index in [1.807, 2.05) is 0 Å². The maximum Gasteiger partial charge on any atom is 0.434 e. The van der Waals surface area contributed by atoms with Crippen LogP contribution in [0.25, 0.3) is 11.3 Å². The Labute approximate surface area is 173 Å². The second-order valence-corrected chi connectivity index (χ2v) is 6.91. The number of benzene rings is 1. The molecular weight excluding hydrogens is 421 g/mol. The quantitative estimate of drug-likeness (QED) is 0.525. The summed E-state index contributed by atoms with van der Waals surface area (Å²) in [5.74, 6) is -0.541. The van der Waals surface area contributed by atoms with E-state index in [2.05, 4.69) is 20.6 Å². The van der Waals surface area contributed by atoms with Crippen molar-refractivity contribution in [3.63, 3.8) is 0 Å². The lowest BCUT2D eigenvalue weighted by molar-refractivity contribution is -0.143. The van der Waals surface area contributed by atoms with Crippen LogP contribution in [0.2, 0.25) is 5.02 Å². The van der Waals surface area contributed by atoms with Crippen LogP contribution < -0.4 is 5.32 Å². The molecule has 0 aliphatic rings. The SMILES string of the molecule is CC(NC(=O)c1cnn(-c2ccc(Cl)cc2)c1C(F)(F)F)c1nnc2ccccn12. The summed E-state index contributed by atoms with van der Waals surface area (Å²) in [5.41, 5.74) is -1.10. The van der Waals surface area contributed by atoms with Gasteiger partial charge in [-0.05, 0) is 43.3 Å². The number of carbonyl (C=O) groups is 1. The predicted molar refractivity (Wildman–Crippen MR) is 102 cm³/mol. The average Bonchev–Trinajstić information content (AvgIpc) is 3.33. The maximum absolute atomic E-state index is 13.8. The normalized spacial score (nSPS) is 12.8. The van der Waals surface area contributed by atoms with E-state index in [4.69, 9.17) is 11.6 Å². The number of nitrogens with zero attached hydrogens (tertiary/aromatic N) is 5. The molecule has 3 aromatic heterocycles. The van der Waals surface area contributed by atoms with Crippen molar-refractivity contribution in [3.8, 4) is 5.69 Å². The molecule has 0 bridgehead atoms. The monoisotopic (exact) mass is 434 g/mol. The van der Waals surface area contributed by atoms with Crippen LogP contribution in [0.4, 0.5) is 13.2 Å². The van der Waals surface area contributed by atoms with Gasteiger partial charge in [-0.3, -0.25) is 9.20 Å². The first kappa shape index (κ1) is 19.9. The molecule has 3 heterocycles. The number of nitrogens with one attached hydrogen (secondary N) is 1. The van der Waals surface area contributed by atoms with E-state index in [1.165, 1.54) is 24.3 Å². The number of carbonyl (C=O) groups excluding carboxylic acids is 1. The first-order chi connectivity index (χ1) is 14.3. The third kappa shape index (κ3) is 3.61. The lowest BCUT2D eigenvalue weighted by Gasteiger charge is -2.15. The Hall–Kier alpha value is -3.40. The van der Waals surface area contributed by atoms with E-state index < -0.39 is 29.4 Å². The van der Waals surface area contributed by atoms with Gasteiger partial charge in [-0.15, -0.1) is 10.2 Å². The van der Waals surface area contributed by atoms with Crippen LogP contribution in [0.5, 0.6) is 0 Å². The number of hydrogen-bond donors (Lipinski definition) is 1. The topological polar surface area (TPSA) is 77.1 Å². The van der Waals surface area contributed by atoms with Gasteiger partial charge < -0.3 is 5.32 Å². The summed E-state index contributed by atoms with van der Waals surface area (Å²) in [4.78, 5) is 12.7. The van der Waals surface area contributed by atoms with Gasteiger partial charge in [-0.2, -0.15) is 18.3 Å². The van der Waals surface area contributed by atoms with Gasteiger partial charge in [-0.25, -0.2) is 4.68 Å². The van der Waals surface area contributed by atoms with Crippen molar-refractivity contribution < 1.29 is 18.0 Å². The van der Waals surface area contributed by atoms with Gasteiger partial charge in [0, 0.05) is 11.2 Å². The molecule has 11 heteroatoms. The molecule has 0 aliphatic carbocycles. The fourth-order valence-corrected chi connectivity index (χ4v) is 3.19. The molecule has 4 aromatic rings. The number of pyridine rings is 1. The second kappa shape index (κ2) is 7.45. The Morgan fingerprint density at radius 3 is 2.57 bits per heavy atom. The number of rotatable bonds is 4. The summed E-state index contributed by atoms with van der Waals surface area (Å²) >= 11 is 5.80. The molecule has 0 saturated heterocycles. The molecule has 30 heavy (non-hydrogen) atoms. The van der Waals surface area contributed by atoms with Gasteiger partial charge >= 0.3 is 6.18 Å². The van der Waals surface area contributed by atoms with Gasteiger partial charge in [0.1, 0.15) is 0 Å². The first-order valence-electron chi connectivity index (χ1n) is 8.77. The van der Waals surface area contributed by atoms with Crippen molar-refractivity contribution in [3.05, 3.63) is 77.0 Å². The zero-order valence-corrected chi connectivity index (χ0v) is 16.2. The molecule has 154 valence electrons. The van der Waals surface area contributed by atoms with Crippen molar-refractivity contribution in [2.75, 3.05) is 0 Å². The Balaban J connectivity index is 1.68. The molecule has 0 radical (unpaired) electrons. The minimum Gasteiger partial charge on any atom is -0.342 e. The van der Waals surface area contributed by atoms with Gasteiger partial charge in [0.05, 0.1) is 23.5 Å². The lowest BCUT2D eigenvalue weighted by atomic mass is 10.2. The highest BCUT2D eigenvalue weighted by atomic mass is 35.5. The predicted octanol–water partition coefficient (Wildman–Crippen LogP) is 4.08. The number of hydrogen-bond acceptors (Lipinski definition) is 4. The number of aromatic nitrogens is 5. The Morgan fingerprint density at radius 2 is 1.87 bits per heavy atom. The van der Waals surface area contributed by atoms with Gasteiger partial charge in [0.2, 0.25) is 0 Å². The summed E-state index contributed by atoms with van der Waals surface area (Å²) < 4.78 is 43.7. The molecule has 7 nitrogen and oxygen atoms in total. The largest absolute Gasteiger partial charge is 0.434 e. The van der Waals surface area contributed by atoms with Crippen LogP contribution >= 0.6 is 11.6 Å². The summed E-state index contributed by atoms with van der Waals surface area (Å²) in [6, 6.07) is 10.2. The molecule has 1 atom stereocenters. The van der Waals surface area contributed by atoms with E-state index in [0.717, 1.165) is 6.20 Å². The molecule has 0 aliphatic heterocycles. The minimum absolute atomic E-state index is 0.127. The molecule has 4 rings (SSSR count). The van der Waals surface area contributed by atoms with Gasteiger partial charge in [0.25, 0.3) is 5.91 Å². The number of halogens is 4. The highest BCUT2D eigenvalue weighted by Gasteiger charge is 2.40. The van der Waals surface area contributed by atoms with Crippen LogP contribution in [0.1, 0.15) is 34.8 Å². The van der Waals surface area contributed by atoms with Crippen molar-refractivity contribution >= 4 is 23.2 Å². The fraction of sp³-hybridized carbons (Fsp3) is 0.158. The Morgan fingerprint density at radius 1 is 1.13 bits per heavy atom. The van der Waals surface area contributed by atoms with E-state index >= 15 is 0 Å². The number of alkyl halides is 3. The molecule has 1 amide bonds. The van der Waals surface area contributed by atoms with E-state index in [0.29, 0.717) is 21.2 Å². The summed E-state index contributed by atoms with van der Waals surface area (Å²) in [7, 11) is 0. The second-order valence-electron chi connectivity index (χ2n) is 6.48. The van der Waals surface area contributed by atoms with Crippen molar-refractivity contribution in [2.24, 2.45) is 0 Å². The summed E-state index contributed by atoms with van der Waals surface area (Å²) in [5, 5.41) is 14.7. The van der Waals surface area contributed by atoms with E-state index in [9.17, 15) is 18.0 Å². The molecular formula is C19H14ClF3N6O. The van der Waals surface area contributed by atoms with Crippen LogP contribution in [0.3, 0.4) is 0 Å². The fourth-order valence-electron chi connectivity index (χ4n) is 3.06. The smallest absolute Gasteiger partial charge is 0.342 e. The highest BCUT2D eigenvalue weighted by Crippen LogP contribution is 2.34. The van der Waals surface area contributed by atoms with Crippen LogP contribution in [0.15, 0.2) is 54.9 Å². The first-order valence-corrected chi connectivity index (χ1v) is 9.15. The maximum atomic E-state index is 13.8. The molecule has 1 aromatic carbocycles. The van der Waals surface area contributed by atoms with Gasteiger partial charge in [0.15, 0.2) is 17.2 Å². The van der Waals surface area contributed by atoms with Crippen LogP contribution in [-0.2, 0) is 6.18 Å². The van der Waals surface area contributed by atoms with E-state index in [1.54, 1.807) is 35.7 Å². The van der Waals surface area contributed by atoms with E-state index in [-0.39, 0.29) is 5.69 Å². The lowest BCUT2D eigenvalue weighted by Crippen LogP contribution is -2.30. The molecule has 1 unspecified atom stereocenters. The highest BCUT2D eigenvalue weighted by molar-refractivity contribution is 6.30. The zero-order chi connectivity index (χ0) is 21.5. The van der Waals surface area contributed by atoms with Crippen molar-refractivity contribution in [1.29, 1.82) is 0 Å².